The van der Waals surface area contributed by atoms with Crippen LogP contribution in [-0.2, 0) is 0 Å². The van der Waals surface area contributed by atoms with Crippen LogP contribution in [-0.4, -0.2) is 17.8 Å². The molecule has 0 radical (unpaired) electrons. The van der Waals surface area contributed by atoms with Gasteiger partial charge in [0.05, 0.1) is 0 Å². The molecule has 0 rings (SSSR count). The van der Waals surface area contributed by atoms with Gasteiger partial charge in [-0.15, -0.1) is 0 Å². The highest BCUT2D eigenvalue weighted by Gasteiger charge is 2.04. The Morgan fingerprint density at radius 3 is 2.12 bits per heavy atom. The van der Waals surface area contributed by atoms with Crippen LogP contribution in [0.3, 0.4) is 0 Å². The third-order valence-corrected chi connectivity index (χ3v) is 1.32. The summed E-state index contributed by atoms with van der Waals surface area (Å²) in [6.45, 7) is 4.32. The van der Waals surface area contributed by atoms with Crippen molar-refractivity contribution in [2.24, 2.45) is 11.7 Å². The molecule has 3 N–H and O–H groups in total. The van der Waals surface area contributed by atoms with Crippen LogP contribution in [0.2, 0.25) is 0 Å². The first kappa shape index (κ1) is 7.92. The van der Waals surface area contributed by atoms with E-state index in [4.69, 9.17) is 10.8 Å². The monoisotopic (exact) mass is 117 g/mol. The molecule has 2 nitrogen and oxygen atoms in total. The van der Waals surface area contributed by atoms with E-state index >= 15 is 0 Å². The van der Waals surface area contributed by atoms with E-state index in [2.05, 4.69) is 13.8 Å². The van der Waals surface area contributed by atoms with E-state index in [1.165, 1.54) is 0 Å². The van der Waals surface area contributed by atoms with Crippen LogP contribution < -0.4 is 5.73 Å². The summed E-state index contributed by atoms with van der Waals surface area (Å²) in [5.41, 5.74) is 5.57. The molecule has 2 heteroatoms. The number of aliphatic hydroxyl groups excluding tert-OH is 1. The van der Waals surface area contributed by atoms with Crippen molar-refractivity contribution in [3.05, 3.63) is 0 Å². The molecule has 0 aliphatic rings. The molecule has 0 heterocycles. The lowest BCUT2D eigenvalue weighted by Gasteiger charge is -2.12. The maximum Gasteiger partial charge on any atom is 0.0445 e. The molecule has 8 heavy (non-hydrogen) atoms. The molecular weight excluding hydrogens is 102 g/mol. The van der Waals surface area contributed by atoms with Crippen LogP contribution in [0.25, 0.3) is 0 Å². The van der Waals surface area contributed by atoms with Crippen molar-refractivity contribution in [1.29, 1.82) is 0 Å². The van der Waals surface area contributed by atoms with E-state index in [0.717, 1.165) is 6.42 Å². The highest BCUT2D eigenvalue weighted by Crippen LogP contribution is 2.00. The molecule has 0 fully saturated rings. The smallest absolute Gasteiger partial charge is 0.0445 e. The van der Waals surface area contributed by atoms with Gasteiger partial charge in [-0.25, -0.2) is 0 Å². The second-order valence-electron chi connectivity index (χ2n) is 2.42. The lowest BCUT2D eigenvalue weighted by Crippen LogP contribution is -2.27. The van der Waals surface area contributed by atoms with E-state index < -0.39 is 0 Å². The first-order valence-electron chi connectivity index (χ1n) is 3.05. The second kappa shape index (κ2) is 3.87. The zero-order chi connectivity index (χ0) is 6.57. The zero-order valence-corrected chi connectivity index (χ0v) is 5.59. The summed E-state index contributed by atoms with van der Waals surface area (Å²) in [6, 6.07) is 0.167. The number of rotatable bonds is 3. The van der Waals surface area contributed by atoms with Crippen molar-refractivity contribution < 1.29 is 5.11 Å². The van der Waals surface area contributed by atoms with Crippen molar-refractivity contribution in [2.75, 3.05) is 6.61 Å². The van der Waals surface area contributed by atoms with Crippen molar-refractivity contribution in [1.82, 2.24) is 0 Å². The molecule has 1 unspecified atom stereocenters. The molecule has 0 bridgehead atoms. The molecule has 0 aromatic heterocycles. The number of nitrogens with two attached hydrogens (primary N) is 1. The molecular formula is C6H15NO. The minimum absolute atomic E-state index is 0.167. The maximum atomic E-state index is 8.41. The third-order valence-electron chi connectivity index (χ3n) is 1.32. The van der Waals surface area contributed by atoms with Crippen LogP contribution in [0.5, 0.6) is 0 Å². The van der Waals surface area contributed by atoms with Gasteiger partial charge in [0, 0.05) is 12.6 Å². The van der Waals surface area contributed by atoms with Gasteiger partial charge in [-0.3, -0.25) is 0 Å². The number of hydrogen-bond donors (Lipinski definition) is 2. The average Bonchev–Trinajstić information content (AvgIpc) is 1.67. The Morgan fingerprint density at radius 1 is 1.50 bits per heavy atom. The van der Waals surface area contributed by atoms with Gasteiger partial charge in [-0.2, -0.15) is 0 Å². The lowest BCUT2D eigenvalue weighted by atomic mass is 10.0. The van der Waals surface area contributed by atoms with E-state index in [9.17, 15) is 0 Å². The van der Waals surface area contributed by atoms with Crippen molar-refractivity contribution in [3.8, 4) is 0 Å². The first-order valence-corrected chi connectivity index (χ1v) is 3.05. The molecule has 0 aromatic rings. The highest BCUT2D eigenvalue weighted by atomic mass is 16.3. The summed E-state index contributed by atoms with van der Waals surface area (Å²) in [6.07, 6.45) is 0.720. The SMILES string of the molecule is CC(C)C(N)CCO. The predicted molar refractivity (Wildman–Crippen MR) is 34.5 cm³/mol. The minimum atomic E-state index is 0.167. The van der Waals surface area contributed by atoms with Gasteiger partial charge >= 0.3 is 0 Å². The molecule has 1 atom stereocenters. The Balaban J connectivity index is 3.17. The Hall–Kier alpha value is -0.0800. The quantitative estimate of drug-likeness (QED) is 0.560. The molecule has 0 aromatic carbocycles. The van der Waals surface area contributed by atoms with Crippen molar-refractivity contribution in [2.45, 2.75) is 26.3 Å². The summed E-state index contributed by atoms with van der Waals surface area (Å²) in [5.74, 6) is 0.488. The standard InChI is InChI=1S/C6H15NO/c1-5(2)6(7)3-4-8/h5-6,8H,3-4,7H2,1-2H3. The lowest BCUT2D eigenvalue weighted by molar-refractivity contribution is 0.262. The first-order chi connectivity index (χ1) is 3.68. The zero-order valence-electron chi connectivity index (χ0n) is 5.59. The Kier molecular flexibility index (Phi) is 3.83. The van der Waals surface area contributed by atoms with Gasteiger partial charge in [-0.05, 0) is 12.3 Å². The van der Waals surface area contributed by atoms with Gasteiger partial charge in [0.2, 0.25) is 0 Å². The fraction of sp³-hybridized carbons (Fsp3) is 1.00. The Bertz CT molecular complexity index is 54.5. The fourth-order valence-corrected chi connectivity index (χ4v) is 0.482. The van der Waals surface area contributed by atoms with Gasteiger partial charge in [0.15, 0.2) is 0 Å². The summed E-state index contributed by atoms with van der Waals surface area (Å²) in [5, 5.41) is 8.41. The second-order valence-corrected chi connectivity index (χ2v) is 2.42. The normalized spacial score (nSPS) is 14.6. The Morgan fingerprint density at radius 2 is 2.00 bits per heavy atom. The predicted octanol–water partition coefficient (Wildman–Crippen LogP) is 0.352. The van der Waals surface area contributed by atoms with Gasteiger partial charge in [-0.1, -0.05) is 13.8 Å². The van der Waals surface area contributed by atoms with E-state index in [0.29, 0.717) is 5.92 Å². The van der Waals surface area contributed by atoms with E-state index in [1.54, 1.807) is 0 Å². The summed E-state index contributed by atoms with van der Waals surface area (Å²) < 4.78 is 0. The van der Waals surface area contributed by atoms with Gasteiger partial charge in [0.25, 0.3) is 0 Å². The molecule has 0 saturated carbocycles. The molecule has 0 amide bonds. The van der Waals surface area contributed by atoms with Crippen LogP contribution in [0.15, 0.2) is 0 Å². The van der Waals surface area contributed by atoms with Gasteiger partial charge in [0.1, 0.15) is 0 Å². The summed E-state index contributed by atoms with van der Waals surface area (Å²) >= 11 is 0. The van der Waals surface area contributed by atoms with Crippen LogP contribution in [0, 0.1) is 5.92 Å². The number of aliphatic hydroxyl groups is 1. The van der Waals surface area contributed by atoms with Crippen LogP contribution in [0.1, 0.15) is 20.3 Å². The van der Waals surface area contributed by atoms with E-state index in [-0.39, 0.29) is 12.6 Å². The van der Waals surface area contributed by atoms with Crippen molar-refractivity contribution in [3.63, 3.8) is 0 Å². The average molecular weight is 117 g/mol. The topological polar surface area (TPSA) is 46.2 Å². The highest BCUT2D eigenvalue weighted by molar-refractivity contribution is 4.63. The molecule has 0 aliphatic heterocycles. The summed E-state index contributed by atoms with van der Waals surface area (Å²) in [4.78, 5) is 0. The molecule has 50 valence electrons. The molecule has 0 spiro atoms. The fourth-order valence-electron chi connectivity index (χ4n) is 0.482. The molecule has 0 saturated heterocycles. The van der Waals surface area contributed by atoms with Crippen LogP contribution in [0.4, 0.5) is 0 Å². The largest absolute Gasteiger partial charge is 0.396 e. The van der Waals surface area contributed by atoms with Crippen LogP contribution >= 0.6 is 0 Å². The maximum absolute atomic E-state index is 8.41. The third kappa shape index (κ3) is 2.99. The van der Waals surface area contributed by atoms with Crippen molar-refractivity contribution >= 4 is 0 Å². The Labute approximate surface area is 50.7 Å². The number of hydrogen-bond acceptors (Lipinski definition) is 2. The summed E-state index contributed by atoms with van der Waals surface area (Å²) in [7, 11) is 0. The molecule has 0 aliphatic carbocycles. The van der Waals surface area contributed by atoms with E-state index in [1.807, 2.05) is 0 Å². The van der Waals surface area contributed by atoms with Gasteiger partial charge < -0.3 is 10.8 Å². The minimum Gasteiger partial charge on any atom is -0.396 e.